The summed E-state index contributed by atoms with van der Waals surface area (Å²) in [7, 11) is 0. The van der Waals surface area contributed by atoms with Crippen molar-refractivity contribution in [2.24, 2.45) is 0 Å². The number of hydrogen-bond acceptors (Lipinski definition) is 3. The SMILES string of the molecule is N#C/C(=C/c1cc(Br)c(OCc2ccccc2Cl)c(Br)c1)C(=O)NCc1ccccc1. The van der Waals surface area contributed by atoms with Gasteiger partial charge in [0.2, 0.25) is 0 Å². The molecule has 0 aromatic heterocycles. The van der Waals surface area contributed by atoms with E-state index in [0.29, 0.717) is 38.4 Å². The minimum absolute atomic E-state index is 0.0134. The highest BCUT2D eigenvalue weighted by atomic mass is 79.9. The molecule has 0 atom stereocenters. The number of carbonyl (C=O) groups is 1. The molecule has 0 saturated heterocycles. The molecular formula is C24H17Br2ClN2O2. The third-order valence-corrected chi connectivity index (χ3v) is 5.87. The van der Waals surface area contributed by atoms with Crippen molar-refractivity contribution in [2.75, 3.05) is 0 Å². The second-order valence-corrected chi connectivity index (χ2v) is 8.65. The van der Waals surface area contributed by atoms with E-state index in [0.717, 1.165) is 11.1 Å². The van der Waals surface area contributed by atoms with Gasteiger partial charge in [0.25, 0.3) is 5.91 Å². The number of halogens is 3. The quantitative estimate of drug-likeness (QED) is 0.259. The molecule has 0 aliphatic carbocycles. The summed E-state index contributed by atoms with van der Waals surface area (Å²) in [6.07, 6.45) is 1.54. The summed E-state index contributed by atoms with van der Waals surface area (Å²) in [5.41, 5.74) is 2.52. The second-order valence-electron chi connectivity index (χ2n) is 6.53. The van der Waals surface area contributed by atoms with E-state index in [1.54, 1.807) is 12.1 Å². The molecule has 31 heavy (non-hydrogen) atoms. The third kappa shape index (κ3) is 6.44. The molecule has 0 spiro atoms. The van der Waals surface area contributed by atoms with E-state index in [-0.39, 0.29) is 5.57 Å². The third-order valence-electron chi connectivity index (χ3n) is 4.32. The Kier molecular flexibility index (Phi) is 8.30. The van der Waals surface area contributed by atoms with Gasteiger partial charge in [-0.3, -0.25) is 4.79 Å². The van der Waals surface area contributed by atoms with Gasteiger partial charge in [-0.1, -0.05) is 60.1 Å². The van der Waals surface area contributed by atoms with Gasteiger partial charge in [-0.2, -0.15) is 5.26 Å². The summed E-state index contributed by atoms with van der Waals surface area (Å²) >= 11 is 13.2. The molecule has 3 rings (SSSR count). The van der Waals surface area contributed by atoms with E-state index in [2.05, 4.69) is 37.2 Å². The highest BCUT2D eigenvalue weighted by molar-refractivity contribution is 9.11. The van der Waals surface area contributed by atoms with Gasteiger partial charge < -0.3 is 10.1 Å². The first-order chi connectivity index (χ1) is 15.0. The highest BCUT2D eigenvalue weighted by Crippen LogP contribution is 2.36. The fourth-order valence-corrected chi connectivity index (χ4v) is 4.40. The van der Waals surface area contributed by atoms with Gasteiger partial charge in [0, 0.05) is 17.1 Å². The number of ether oxygens (including phenoxy) is 1. The molecule has 7 heteroatoms. The molecule has 3 aromatic carbocycles. The van der Waals surface area contributed by atoms with Crippen LogP contribution in [0, 0.1) is 11.3 Å². The van der Waals surface area contributed by atoms with Crippen molar-refractivity contribution < 1.29 is 9.53 Å². The summed E-state index contributed by atoms with van der Waals surface area (Å²) in [5, 5.41) is 12.8. The standard InChI is InChI=1S/C24H17Br2ClN2O2/c25-20-11-17(10-19(13-28)24(30)29-14-16-6-2-1-3-7-16)12-21(26)23(20)31-15-18-8-4-5-9-22(18)27/h1-12H,14-15H2,(H,29,30)/b19-10-. The molecule has 156 valence electrons. The van der Waals surface area contributed by atoms with Gasteiger partial charge in [0.15, 0.2) is 0 Å². The van der Waals surface area contributed by atoms with Gasteiger partial charge in [-0.05, 0) is 67.3 Å². The van der Waals surface area contributed by atoms with Crippen LogP contribution in [-0.4, -0.2) is 5.91 Å². The van der Waals surface area contributed by atoms with Crippen LogP contribution in [0.2, 0.25) is 5.02 Å². The van der Waals surface area contributed by atoms with Crippen LogP contribution in [0.15, 0.2) is 81.2 Å². The van der Waals surface area contributed by atoms with Crippen molar-refractivity contribution in [1.82, 2.24) is 5.32 Å². The Morgan fingerprint density at radius 3 is 2.35 bits per heavy atom. The molecule has 0 fully saturated rings. The van der Waals surface area contributed by atoms with Gasteiger partial charge in [-0.25, -0.2) is 0 Å². The van der Waals surface area contributed by atoms with E-state index < -0.39 is 5.91 Å². The maximum absolute atomic E-state index is 12.4. The smallest absolute Gasteiger partial charge is 0.262 e. The van der Waals surface area contributed by atoms with Crippen molar-refractivity contribution in [3.63, 3.8) is 0 Å². The minimum Gasteiger partial charge on any atom is -0.486 e. The Labute approximate surface area is 202 Å². The van der Waals surface area contributed by atoms with Crippen LogP contribution < -0.4 is 10.1 Å². The topological polar surface area (TPSA) is 62.1 Å². The van der Waals surface area contributed by atoms with Gasteiger partial charge >= 0.3 is 0 Å². The van der Waals surface area contributed by atoms with Gasteiger partial charge in [-0.15, -0.1) is 0 Å². The predicted molar refractivity (Wildman–Crippen MR) is 130 cm³/mol. The van der Waals surface area contributed by atoms with E-state index in [4.69, 9.17) is 16.3 Å². The number of carbonyl (C=O) groups excluding carboxylic acids is 1. The van der Waals surface area contributed by atoms with Crippen molar-refractivity contribution in [3.05, 3.63) is 103 Å². The fraction of sp³-hybridized carbons (Fsp3) is 0.0833. The van der Waals surface area contributed by atoms with Gasteiger partial charge in [0.05, 0.1) is 8.95 Å². The van der Waals surface area contributed by atoms with E-state index in [9.17, 15) is 10.1 Å². The lowest BCUT2D eigenvalue weighted by Crippen LogP contribution is -2.23. The molecule has 4 nitrogen and oxygen atoms in total. The lowest BCUT2D eigenvalue weighted by atomic mass is 10.1. The number of rotatable bonds is 7. The van der Waals surface area contributed by atoms with E-state index >= 15 is 0 Å². The molecular weight excluding hydrogens is 544 g/mol. The lowest BCUT2D eigenvalue weighted by Gasteiger charge is -2.12. The second kappa shape index (κ2) is 11.1. The molecule has 0 radical (unpaired) electrons. The number of nitriles is 1. The first kappa shape index (κ1) is 23.1. The van der Waals surface area contributed by atoms with Crippen molar-refractivity contribution >= 4 is 55.4 Å². The van der Waals surface area contributed by atoms with Crippen LogP contribution in [0.5, 0.6) is 5.75 Å². The summed E-state index contributed by atoms with van der Waals surface area (Å²) < 4.78 is 7.28. The number of benzene rings is 3. The summed E-state index contributed by atoms with van der Waals surface area (Å²) in [5.74, 6) is 0.168. The van der Waals surface area contributed by atoms with Gasteiger partial charge in [0.1, 0.15) is 24.0 Å². The number of nitrogens with one attached hydrogen (secondary N) is 1. The fourth-order valence-electron chi connectivity index (χ4n) is 2.75. The molecule has 0 aliphatic heterocycles. The molecule has 3 aromatic rings. The Morgan fingerprint density at radius 2 is 1.71 bits per heavy atom. The summed E-state index contributed by atoms with van der Waals surface area (Å²) in [4.78, 5) is 12.4. The Bertz CT molecular complexity index is 1130. The molecule has 0 saturated carbocycles. The Morgan fingerprint density at radius 1 is 1.06 bits per heavy atom. The van der Waals surface area contributed by atoms with Crippen LogP contribution in [0.1, 0.15) is 16.7 Å². The predicted octanol–water partition coefficient (Wildman–Crippen LogP) is 6.67. The van der Waals surface area contributed by atoms with Crippen LogP contribution in [-0.2, 0) is 17.9 Å². The normalized spacial score (nSPS) is 11.0. The summed E-state index contributed by atoms with van der Waals surface area (Å²) in [6.45, 7) is 0.651. The first-order valence-electron chi connectivity index (χ1n) is 9.27. The largest absolute Gasteiger partial charge is 0.486 e. The van der Waals surface area contributed by atoms with Crippen molar-refractivity contribution in [3.8, 4) is 11.8 Å². The molecule has 0 heterocycles. The molecule has 0 aliphatic rings. The Hall–Kier alpha value is -2.59. The van der Waals surface area contributed by atoms with E-state index in [1.807, 2.05) is 60.7 Å². The summed E-state index contributed by atoms with van der Waals surface area (Å²) in [6, 6.07) is 22.5. The zero-order chi connectivity index (χ0) is 22.2. The average Bonchev–Trinajstić information content (AvgIpc) is 2.77. The molecule has 1 amide bonds. The molecule has 1 N–H and O–H groups in total. The maximum Gasteiger partial charge on any atom is 0.262 e. The maximum atomic E-state index is 12.4. The molecule has 0 unspecified atom stereocenters. The lowest BCUT2D eigenvalue weighted by molar-refractivity contribution is -0.117. The monoisotopic (exact) mass is 558 g/mol. The van der Waals surface area contributed by atoms with Crippen LogP contribution in [0.3, 0.4) is 0 Å². The average molecular weight is 561 g/mol. The first-order valence-corrected chi connectivity index (χ1v) is 11.2. The molecule has 0 bridgehead atoms. The number of hydrogen-bond donors (Lipinski definition) is 1. The van der Waals surface area contributed by atoms with Crippen LogP contribution in [0.25, 0.3) is 6.08 Å². The van der Waals surface area contributed by atoms with Crippen LogP contribution >= 0.6 is 43.5 Å². The minimum atomic E-state index is -0.433. The number of amides is 1. The number of nitrogens with zero attached hydrogens (tertiary/aromatic N) is 1. The Balaban J connectivity index is 1.72. The van der Waals surface area contributed by atoms with Crippen molar-refractivity contribution in [1.29, 1.82) is 5.26 Å². The zero-order valence-electron chi connectivity index (χ0n) is 16.2. The zero-order valence-corrected chi connectivity index (χ0v) is 20.2. The van der Waals surface area contributed by atoms with Crippen molar-refractivity contribution in [2.45, 2.75) is 13.2 Å². The highest BCUT2D eigenvalue weighted by Gasteiger charge is 2.13. The van der Waals surface area contributed by atoms with Crippen LogP contribution in [0.4, 0.5) is 0 Å². The van der Waals surface area contributed by atoms with E-state index in [1.165, 1.54) is 6.08 Å².